The van der Waals surface area contributed by atoms with Gasteiger partial charge in [0.15, 0.2) is 0 Å². The molecule has 0 bridgehead atoms. The van der Waals surface area contributed by atoms with Gasteiger partial charge < -0.3 is 20.1 Å². The SMILES string of the molecule is CCOc1ccc2c(c1)CN(C(=O)c1ccc(Oc3ccc(C(N)=O)cc3)cc1)CC2. The van der Waals surface area contributed by atoms with Crippen LogP contribution in [-0.2, 0) is 13.0 Å². The van der Waals surface area contributed by atoms with Crippen LogP contribution in [0.5, 0.6) is 17.2 Å². The number of primary amides is 1. The van der Waals surface area contributed by atoms with Gasteiger partial charge in [0.2, 0.25) is 5.91 Å². The van der Waals surface area contributed by atoms with Crippen molar-refractivity contribution in [3.8, 4) is 17.2 Å². The molecule has 0 aliphatic carbocycles. The number of amides is 2. The smallest absolute Gasteiger partial charge is 0.254 e. The molecule has 0 aromatic heterocycles. The van der Waals surface area contributed by atoms with Gasteiger partial charge in [-0.25, -0.2) is 0 Å². The molecule has 1 aliphatic rings. The highest BCUT2D eigenvalue weighted by Gasteiger charge is 2.22. The molecular weight excluding hydrogens is 392 g/mol. The molecule has 6 nitrogen and oxygen atoms in total. The molecule has 3 aromatic carbocycles. The van der Waals surface area contributed by atoms with Crippen LogP contribution in [0.4, 0.5) is 0 Å². The van der Waals surface area contributed by atoms with Crippen LogP contribution in [0.25, 0.3) is 0 Å². The van der Waals surface area contributed by atoms with Gasteiger partial charge in [0, 0.05) is 24.2 Å². The maximum Gasteiger partial charge on any atom is 0.254 e. The molecule has 0 fully saturated rings. The first-order valence-corrected chi connectivity index (χ1v) is 10.2. The van der Waals surface area contributed by atoms with Gasteiger partial charge in [-0.2, -0.15) is 0 Å². The summed E-state index contributed by atoms with van der Waals surface area (Å²) in [6, 6.07) is 19.7. The Morgan fingerprint density at radius 1 is 0.871 bits per heavy atom. The van der Waals surface area contributed by atoms with Crippen molar-refractivity contribution >= 4 is 11.8 Å². The van der Waals surface area contributed by atoms with E-state index in [1.807, 2.05) is 24.0 Å². The number of rotatable bonds is 6. The zero-order chi connectivity index (χ0) is 21.8. The molecular formula is C25H24N2O4. The van der Waals surface area contributed by atoms with Crippen LogP contribution in [0.3, 0.4) is 0 Å². The minimum absolute atomic E-state index is 0.00942. The fourth-order valence-corrected chi connectivity index (χ4v) is 3.63. The molecule has 0 atom stereocenters. The molecule has 158 valence electrons. The number of hydrogen-bond donors (Lipinski definition) is 1. The third-order valence-electron chi connectivity index (χ3n) is 5.26. The fourth-order valence-electron chi connectivity index (χ4n) is 3.63. The van der Waals surface area contributed by atoms with Crippen molar-refractivity contribution in [2.24, 2.45) is 5.73 Å². The number of carbonyl (C=O) groups is 2. The molecule has 2 N–H and O–H groups in total. The van der Waals surface area contributed by atoms with Crippen LogP contribution in [0.15, 0.2) is 66.7 Å². The first kappa shape index (κ1) is 20.5. The molecule has 6 heteroatoms. The predicted molar refractivity (Wildman–Crippen MR) is 118 cm³/mol. The lowest BCUT2D eigenvalue weighted by atomic mass is 9.99. The third kappa shape index (κ3) is 4.69. The number of carbonyl (C=O) groups excluding carboxylic acids is 2. The van der Waals surface area contributed by atoms with Crippen LogP contribution < -0.4 is 15.2 Å². The van der Waals surface area contributed by atoms with E-state index in [9.17, 15) is 9.59 Å². The van der Waals surface area contributed by atoms with Crippen LogP contribution in [-0.4, -0.2) is 29.9 Å². The summed E-state index contributed by atoms with van der Waals surface area (Å²) in [6.07, 6.45) is 0.829. The van der Waals surface area contributed by atoms with Crippen LogP contribution >= 0.6 is 0 Å². The Hall–Kier alpha value is -3.80. The number of fused-ring (bicyclic) bond motifs is 1. The molecule has 1 heterocycles. The van der Waals surface area contributed by atoms with Gasteiger partial charge in [0.05, 0.1) is 6.61 Å². The molecule has 0 spiro atoms. The van der Waals surface area contributed by atoms with Crippen molar-refractivity contribution in [2.45, 2.75) is 19.9 Å². The van der Waals surface area contributed by atoms with E-state index in [1.165, 1.54) is 5.56 Å². The molecule has 0 radical (unpaired) electrons. The predicted octanol–water partition coefficient (Wildman–Crippen LogP) is 4.18. The van der Waals surface area contributed by atoms with E-state index >= 15 is 0 Å². The maximum atomic E-state index is 13.0. The summed E-state index contributed by atoms with van der Waals surface area (Å²) in [7, 11) is 0. The van der Waals surface area contributed by atoms with Crippen molar-refractivity contribution in [3.05, 3.63) is 89.0 Å². The highest BCUT2D eigenvalue weighted by Crippen LogP contribution is 2.26. The van der Waals surface area contributed by atoms with Crippen molar-refractivity contribution < 1.29 is 19.1 Å². The summed E-state index contributed by atoms with van der Waals surface area (Å²) in [5, 5.41) is 0. The van der Waals surface area contributed by atoms with Crippen molar-refractivity contribution in [2.75, 3.05) is 13.2 Å². The van der Waals surface area contributed by atoms with Crippen LogP contribution in [0.2, 0.25) is 0 Å². The van der Waals surface area contributed by atoms with Gasteiger partial charge in [-0.05, 0) is 85.1 Å². The lowest BCUT2D eigenvalue weighted by Gasteiger charge is -2.29. The van der Waals surface area contributed by atoms with E-state index in [2.05, 4.69) is 6.07 Å². The number of ether oxygens (including phenoxy) is 2. The Morgan fingerprint density at radius 3 is 2.10 bits per heavy atom. The summed E-state index contributed by atoms with van der Waals surface area (Å²) < 4.78 is 11.4. The van der Waals surface area contributed by atoms with Crippen molar-refractivity contribution in [1.29, 1.82) is 0 Å². The van der Waals surface area contributed by atoms with Gasteiger partial charge in [0.1, 0.15) is 17.2 Å². The van der Waals surface area contributed by atoms with Gasteiger partial charge in [-0.3, -0.25) is 9.59 Å². The average Bonchev–Trinajstić information content (AvgIpc) is 2.79. The molecule has 0 unspecified atom stereocenters. The summed E-state index contributed by atoms with van der Waals surface area (Å²) in [6.45, 7) is 3.83. The summed E-state index contributed by atoms with van der Waals surface area (Å²) in [5.41, 5.74) is 8.67. The number of nitrogens with two attached hydrogens (primary N) is 1. The van der Waals surface area contributed by atoms with Crippen molar-refractivity contribution in [1.82, 2.24) is 4.90 Å². The van der Waals surface area contributed by atoms with E-state index in [4.69, 9.17) is 15.2 Å². The first-order valence-electron chi connectivity index (χ1n) is 10.2. The Balaban J connectivity index is 1.42. The van der Waals surface area contributed by atoms with E-state index < -0.39 is 5.91 Å². The van der Waals surface area contributed by atoms with Gasteiger partial charge >= 0.3 is 0 Å². The van der Waals surface area contributed by atoms with E-state index in [0.717, 1.165) is 17.7 Å². The Morgan fingerprint density at radius 2 is 1.48 bits per heavy atom. The second kappa shape index (κ2) is 8.92. The fraction of sp³-hybridized carbons (Fsp3) is 0.200. The number of hydrogen-bond acceptors (Lipinski definition) is 4. The van der Waals surface area contributed by atoms with E-state index in [1.54, 1.807) is 48.5 Å². The third-order valence-corrected chi connectivity index (χ3v) is 5.26. The minimum Gasteiger partial charge on any atom is -0.494 e. The summed E-state index contributed by atoms with van der Waals surface area (Å²) >= 11 is 0. The highest BCUT2D eigenvalue weighted by atomic mass is 16.5. The number of benzene rings is 3. The number of nitrogens with zero attached hydrogens (tertiary/aromatic N) is 1. The second-order valence-electron chi connectivity index (χ2n) is 7.36. The Labute approximate surface area is 181 Å². The quantitative estimate of drug-likeness (QED) is 0.654. The minimum atomic E-state index is -0.483. The standard InChI is InChI=1S/C25H24N2O4/c1-2-30-23-12-3-17-13-14-27(16-20(17)15-23)25(29)19-6-10-22(11-7-19)31-21-8-4-18(5-9-21)24(26)28/h3-12,15H,2,13-14,16H2,1H3,(H2,26,28). The molecule has 31 heavy (non-hydrogen) atoms. The molecule has 0 saturated heterocycles. The Kier molecular flexibility index (Phi) is 5.89. The largest absolute Gasteiger partial charge is 0.494 e. The average molecular weight is 416 g/mol. The van der Waals surface area contributed by atoms with Gasteiger partial charge in [-0.1, -0.05) is 6.07 Å². The maximum absolute atomic E-state index is 13.0. The summed E-state index contributed by atoms with van der Waals surface area (Å²) in [4.78, 5) is 26.0. The van der Waals surface area contributed by atoms with E-state index in [-0.39, 0.29) is 5.91 Å². The topological polar surface area (TPSA) is 81.9 Å². The first-order chi connectivity index (χ1) is 15.0. The lowest BCUT2D eigenvalue weighted by molar-refractivity contribution is 0.0734. The molecule has 4 rings (SSSR count). The zero-order valence-electron chi connectivity index (χ0n) is 17.3. The Bertz CT molecular complexity index is 1090. The normalized spacial score (nSPS) is 12.7. The van der Waals surface area contributed by atoms with Gasteiger partial charge in [-0.15, -0.1) is 0 Å². The highest BCUT2D eigenvalue weighted by molar-refractivity contribution is 5.94. The molecule has 0 saturated carbocycles. The van der Waals surface area contributed by atoms with E-state index in [0.29, 0.717) is 42.3 Å². The lowest BCUT2D eigenvalue weighted by Crippen LogP contribution is -2.35. The van der Waals surface area contributed by atoms with Gasteiger partial charge in [0.25, 0.3) is 5.91 Å². The van der Waals surface area contributed by atoms with Crippen molar-refractivity contribution in [3.63, 3.8) is 0 Å². The summed E-state index contributed by atoms with van der Waals surface area (Å²) in [5.74, 6) is 1.53. The monoisotopic (exact) mass is 416 g/mol. The zero-order valence-corrected chi connectivity index (χ0v) is 17.3. The second-order valence-corrected chi connectivity index (χ2v) is 7.36. The van der Waals surface area contributed by atoms with Crippen LogP contribution in [0.1, 0.15) is 38.8 Å². The molecule has 3 aromatic rings. The van der Waals surface area contributed by atoms with Crippen LogP contribution in [0, 0.1) is 0 Å². The molecule has 2 amide bonds. The molecule has 1 aliphatic heterocycles.